The Kier molecular flexibility index (Phi) is 2.43. The number of amides is 1. The van der Waals surface area contributed by atoms with Crippen LogP contribution in [0.5, 0.6) is 0 Å². The predicted molar refractivity (Wildman–Crippen MR) is 38.6 cm³/mol. The molecule has 1 aliphatic rings. The Morgan fingerprint density at radius 2 is 2.45 bits per heavy atom. The maximum atomic E-state index is 10.7. The topological polar surface area (TPSA) is 87.4 Å². The maximum absolute atomic E-state index is 10.7. The van der Waals surface area contributed by atoms with Crippen LogP contribution in [0.3, 0.4) is 0 Å². The molecule has 3 atom stereocenters. The predicted octanol–water partition coefficient (Wildman–Crippen LogP) is -1.23. The lowest BCUT2D eigenvalue weighted by Gasteiger charge is -2.10. The summed E-state index contributed by atoms with van der Waals surface area (Å²) in [6.07, 6.45) is 0.506. The second kappa shape index (κ2) is 3.17. The summed E-state index contributed by atoms with van der Waals surface area (Å²) >= 11 is 0. The number of hydrogen-bond acceptors (Lipinski definition) is 4. The molecule has 1 rings (SSSR count). The van der Waals surface area contributed by atoms with Crippen LogP contribution >= 0.6 is 0 Å². The number of rotatable bonds is 2. The van der Waals surface area contributed by atoms with E-state index in [1.165, 1.54) is 0 Å². The SMILES string of the molecule is C[C@@H]1C[C@@H](NO)N[C@H]1C(N)=O. The van der Waals surface area contributed by atoms with E-state index in [0.29, 0.717) is 6.42 Å². The third-order valence-electron chi connectivity index (χ3n) is 2.02. The van der Waals surface area contributed by atoms with Gasteiger partial charge in [0.05, 0.1) is 12.2 Å². The van der Waals surface area contributed by atoms with Gasteiger partial charge in [-0.25, -0.2) is 0 Å². The lowest BCUT2D eigenvalue weighted by atomic mass is 10.0. The monoisotopic (exact) mass is 159 g/mol. The van der Waals surface area contributed by atoms with Gasteiger partial charge in [-0.2, -0.15) is 5.48 Å². The average Bonchev–Trinajstić information content (AvgIpc) is 2.30. The van der Waals surface area contributed by atoms with E-state index in [1.807, 2.05) is 6.92 Å². The fourth-order valence-corrected chi connectivity index (χ4v) is 1.41. The van der Waals surface area contributed by atoms with Crippen LogP contribution in [-0.2, 0) is 4.79 Å². The van der Waals surface area contributed by atoms with Gasteiger partial charge in [0.25, 0.3) is 0 Å². The van der Waals surface area contributed by atoms with Gasteiger partial charge in [0.15, 0.2) is 0 Å². The first-order valence-electron chi connectivity index (χ1n) is 3.60. The fourth-order valence-electron chi connectivity index (χ4n) is 1.41. The largest absolute Gasteiger partial charge is 0.368 e. The van der Waals surface area contributed by atoms with Crippen LogP contribution in [0.4, 0.5) is 0 Å². The van der Waals surface area contributed by atoms with E-state index in [0.717, 1.165) is 0 Å². The summed E-state index contributed by atoms with van der Waals surface area (Å²) in [5.41, 5.74) is 7.15. The molecule has 0 aliphatic carbocycles. The molecule has 0 bridgehead atoms. The van der Waals surface area contributed by atoms with Gasteiger partial charge in [-0.15, -0.1) is 0 Å². The van der Waals surface area contributed by atoms with Gasteiger partial charge in [-0.3, -0.25) is 10.1 Å². The highest BCUT2D eigenvalue weighted by atomic mass is 16.5. The zero-order valence-corrected chi connectivity index (χ0v) is 6.37. The van der Waals surface area contributed by atoms with Gasteiger partial charge in [-0.05, 0) is 12.3 Å². The molecule has 5 N–H and O–H groups in total. The van der Waals surface area contributed by atoms with Crippen molar-refractivity contribution >= 4 is 5.91 Å². The third kappa shape index (κ3) is 1.68. The van der Waals surface area contributed by atoms with Crippen LogP contribution in [0.2, 0.25) is 0 Å². The summed E-state index contributed by atoms with van der Waals surface area (Å²) in [6, 6.07) is -0.320. The summed E-state index contributed by atoms with van der Waals surface area (Å²) in [4.78, 5) is 10.7. The summed E-state index contributed by atoms with van der Waals surface area (Å²) in [6.45, 7) is 1.92. The van der Waals surface area contributed by atoms with E-state index >= 15 is 0 Å². The summed E-state index contributed by atoms with van der Waals surface area (Å²) < 4.78 is 0. The van der Waals surface area contributed by atoms with Crippen LogP contribution in [-0.4, -0.2) is 23.3 Å². The second-order valence-electron chi connectivity index (χ2n) is 2.94. The van der Waals surface area contributed by atoms with Crippen molar-refractivity contribution in [3.8, 4) is 0 Å². The molecular weight excluding hydrogens is 146 g/mol. The van der Waals surface area contributed by atoms with Crippen molar-refractivity contribution in [1.82, 2.24) is 10.8 Å². The molecule has 64 valence electrons. The van der Waals surface area contributed by atoms with Gasteiger partial charge in [0, 0.05) is 0 Å². The van der Waals surface area contributed by atoms with Gasteiger partial charge >= 0.3 is 0 Å². The van der Waals surface area contributed by atoms with Gasteiger partial charge in [0.1, 0.15) is 0 Å². The lowest BCUT2D eigenvalue weighted by molar-refractivity contribution is -0.120. The Bertz CT molecular complexity index is 162. The Morgan fingerprint density at radius 1 is 1.82 bits per heavy atom. The molecule has 0 radical (unpaired) electrons. The summed E-state index contributed by atoms with van der Waals surface area (Å²) in [7, 11) is 0. The number of hydrogen-bond donors (Lipinski definition) is 4. The smallest absolute Gasteiger partial charge is 0.234 e. The number of primary amides is 1. The van der Waals surface area contributed by atoms with Crippen molar-refractivity contribution in [2.24, 2.45) is 11.7 Å². The molecule has 5 heteroatoms. The van der Waals surface area contributed by atoms with Crippen LogP contribution in [0.25, 0.3) is 0 Å². The highest BCUT2D eigenvalue weighted by Crippen LogP contribution is 2.17. The summed E-state index contributed by atoms with van der Waals surface area (Å²) in [5.74, 6) is -0.188. The number of nitrogens with one attached hydrogen (secondary N) is 2. The van der Waals surface area contributed by atoms with Crippen molar-refractivity contribution in [1.29, 1.82) is 0 Å². The summed E-state index contributed by atoms with van der Waals surface area (Å²) in [5, 5.41) is 11.4. The first-order chi connectivity index (χ1) is 5.15. The van der Waals surface area contributed by atoms with Crippen LogP contribution in [0.15, 0.2) is 0 Å². The van der Waals surface area contributed by atoms with E-state index in [2.05, 4.69) is 10.8 Å². The van der Waals surface area contributed by atoms with Crippen molar-refractivity contribution in [3.63, 3.8) is 0 Å². The molecule has 1 saturated heterocycles. The van der Waals surface area contributed by atoms with Crippen LogP contribution in [0, 0.1) is 5.92 Å². The van der Waals surface area contributed by atoms with E-state index in [1.54, 1.807) is 0 Å². The van der Waals surface area contributed by atoms with Crippen LogP contribution in [0.1, 0.15) is 13.3 Å². The number of carbonyl (C=O) groups excluding carboxylic acids is 1. The Balaban J connectivity index is 2.51. The first-order valence-corrected chi connectivity index (χ1v) is 3.60. The quantitative estimate of drug-likeness (QED) is 0.380. The number of carbonyl (C=O) groups is 1. The normalized spacial score (nSPS) is 37.5. The maximum Gasteiger partial charge on any atom is 0.234 e. The van der Waals surface area contributed by atoms with Crippen molar-refractivity contribution in [3.05, 3.63) is 0 Å². The highest BCUT2D eigenvalue weighted by Gasteiger charge is 2.33. The number of nitrogens with two attached hydrogens (primary N) is 1. The van der Waals surface area contributed by atoms with E-state index in [4.69, 9.17) is 10.9 Å². The zero-order valence-electron chi connectivity index (χ0n) is 6.37. The molecule has 1 fully saturated rings. The van der Waals surface area contributed by atoms with Gasteiger partial charge in [0.2, 0.25) is 5.91 Å². The molecule has 0 unspecified atom stereocenters. The second-order valence-corrected chi connectivity index (χ2v) is 2.94. The molecule has 0 aromatic heterocycles. The minimum atomic E-state index is -0.366. The minimum Gasteiger partial charge on any atom is -0.368 e. The van der Waals surface area contributed by atoms with Crippen molar-refractivity contribution in [2.75, 3.05) is 0 Å². The third-order valence-corrected chi connectivity index (χ3v) is 2.02. The molecule has 11 heavy (non-hydrogen) atoms. The van der Waals surface area contributed by atoms with Crippen LogP contribution < -0.4 is 16.5 Å². The standard InChI is InChI=1S/C6H13N3O2/c1-3-2-4(9-11)8-5(3)6(7)10/h3-5,8-9,11H,2H2,1H3,(H2,7,10)/t3-,4-,5-/m1/s1. The molecule has 1 aliphatic heterocycles. The Morgan fingerprint density at radius 3 is 2.73 bits per heavy atom. The molecule has 5 nitrogen and oxygen atoms in total. The van der Waals surface area contributed by atoms with Crippen molar-refractivity contribution < 1.29 is 10.0 Å². The zero-order chi connectivity index (χ0) is 8.43. The first kappa shape index (κ1) is 8.45. The van der Waals surface area contributed by atoms with E-state index in [-0.39, 0.29) is 24.0 Å². The molecule has 0 aromatic carbocycles. The Labute approximate surface area is 64.9 Å². The van der Waals surface area contributed by atoms with E-state index < -0.39 is 0 Å². The fraction of sp³-hybridized carbons (Fsp3) is 0.833. The molecule has 0 aromatic rings. The van der Waals surface area contributed by atoms with Gasteiger partial charge < -0.3 is 10.9 Å². The average molecular weight is 159 g/mol. The lowest BCUT2D eigenvalue weighted by Crippen LogP contribution is -2.45. The minimum absolute atomic E-state index is 0.178. The highest BCUT2D eigenvalue weighted by molar-refractivity contribution is 5.80. The molecule has 0 saturated carbocycles. The van der Waals surface area contributed by atoms with E-state index in [9.17, 15) is 4.79 Å². The molecular formula is C6H13N3O2. The molecule has 0 spiro atoms. The molecule has 1 heterocycles. The molecule has 1 amide bonds. The number of hydroxylamine groups is 1. The van der Waals surface area contributed by atoms with Gasteiger partial charge in [-0.1, -0.05) is 6.92 Å². The van der Waals surface area contributed by atoms with Crippen molar-refractivity contribution in [2.45, 2.75) is 25.6 Å². The Hall–Kier alpha value is -0.650.